The summed E-state index contributed by atoms with van der Waals surface area (Å²) in [6, 6.07) is 2.79. The summed E-state index contributed by atoms with van der Waals surface area (Å²) >= 11 is 0. The maximum atomic E-state index is 12.5. The van der Waals surface area contributed by atoms with Crippen LogP contribution in [0.25, 0.3) is 10.9 Å². The van der Waals surface area contributed by atoms with Crippen LogP contribution in [0, 0.1) is 0 Å². The lowest BCUT2D eigenvalue weighted by atomic mass is 10.1. The van der Waals surface area contributed by atoms with Crippen molar-refractivity contribution in [3.8, 4) is 0 Å². The van der Waals surface area contributed by atoms with Crippen molar-refractivity contribution in [3.05, 3.63) is 39.9 Å². The number of nitrogens with zero attached hydrogens (tertiary/aromatic N) is 1. The Morgan fingerprint density at radius 1 is 1.33 bits per heavy atom. The van der Waals surface area contributed by atoms with E-state index in [2.05, 4.69) is 9.97 Å². The summed E-state index contributed by atoms with van der Waals surface area (Å²) in [4.78, 5) is 17.9. The van der Waals surface area contributed by atoms with E-state index in [9.17, 15) is 18.0 Å². The highest BCUT2D eigenvalue weighted by molar-refractivity contribution is 5.78. The molecule has 0 aliphatic carbocycles. The molecule has 0 aliphatic heterocycles. The topological polar surface area (TPSA) is 66.0 Å². The van der Waals surface area contributed by atoms with Crippen LogP contribution >= 0.6 is 0 Å². The van der Waals surface area contributed by atoms with Crippen molar-refractivity contribution < 1.29 is 18.3 Å². The van der Waals surface area contributed by atoms with Crippen molar-refractivity contribution in [2.24, 2.45) is 0 Å². The fourth-order valence-electron chi connectivity index (χ4n) is 1.59. The van der Waals surface area contributed by atoms with Crippen LogP contribution in [0.1, 0.15) is 11.4 Å². The fourth-order valence-corrected chi connectivity index (χ4v) is 1.59. The molecule has 0 unspecified atom stereocenters. The minimum absolute atomic E-state index is 0.119. The smallest absolute Gasteiger partial charge is 0.396 e. The monoisotopic (exact) mass is 258 g/mol. The van der Waals surface area contributed by atoms with Gasteiger partial charge in [0.2, 0.25) is 0 Å². The Labute approximate surface area is 99.1 Å². The van der Waals surface area contributed by atoms with E-state index in [1.54, 1.807) is 0 Å². The van der Waals surface area contributed by atoms with E-state index < -0.39 is 17.3 Å². The van der Waals surface area contributed by atoms with Crippen LogP contribution in [0.2, 0.25) is 0 Å². The molecule has 1 aromatic heterocycles. The molecule has 0 atom stereocenters. The SMILES string of the molecule is O=c1[nH]c(CCO)nc2ccc(C(F)(F)F)cc12. The molecule has 0 fully saturated rings. The van der Waals surface area contributed by atoms with Crippen molar-refractivity contribution in [3.63, 3.8) is 0 Å². The first-order valence-corrected chi connectivity index (χ1v) is 5.13. The summed E-state index contributed by atoms with van der Waals surface area (Å²) in [6.07, 6.45) is -4.35. The zero-order valence-corrected chi connectivity index (χ0v) is 9.08. The summed E-state index contributed by atoms with van der Waals surface area (Å²) in [6.45, 7) is -0.199. The average Bonchev–Trinajstić information content (AvgIpc) is 2.27. The molecule has 0 saturated heterocycles. The second-order valence-electron chi connectivity index (χ2n) is 3.72. The van der Waals surface area contributed by atoms with Crippen molar-refractivity contribution in [2.75, 3.05) is 6.61 Å². The molecular weight excluding hydrogens is 249 g/mol. The van der Waals surface area contributed by atoms with E-state index in [1.165, 1.54) is 0 Å². The Hall–Kier alpha value is -1.89. The Balaban J connectivity index is 2.62. The number of alkyl halides is 3. The third-order valence-electron chi connectivity index (χ3n) is 2.43. The van der Waals surface area contributed by atoms with Gasteiger partial charge in [-0.1, -0.05) is 0 Å². The first-order valence-electron chi connectivity index (χ1n) is 5.13. The van der Waals surface area contributed by atoms with Crippen molar-refractivity contribution in [1.82, 2.24) is 9.97 Å². The molecule has 18 heavy (non-hydrogen) atoms. The van der Waals surface area contributed by atoms with E-state index in [4.69, 9.17) is 5.11 Å². The summed E-state index contributed by atoms with van der Waals surface area (Å²) in [5, 5.41) is 8.60. The van der Waals surface area contributed by atoms with Gasteiger partial charge in [0, 0.05) is 6.42 Å². The van der Waals surface area contributed by atoms with Gasteiger partial charge in [0.05, 0.1) is 23.1 Å². The van der Waals surface area contributed by atoms with Gasteiger partial charge < -0.3 is 10.1 Å². The Morgan fingerprint density at radius 3 is 2.67 bits per heavy atom. The number of aliphatic hydroxyl groups excluding tert-OH is 1. The molecule has 2 aromatic rings. The average molecular weight is 258 g/mol. The van der Waals surface area contributed by atoms with Gasteiger partial charge in [-0.05, 0) is 18.2 Å². The van der Waals surface area contributed by atoms with E-state index in [-0.39, 0.29) is 29.8 Å². The van der Waals surface area contributed by atoms with Gasteiger partial charge in [-0.15, -0.1) is 0 Å². The third-order valence-corrected chi connectivity index (χ3v) is 2.43. The van der Waals surface area contributed by atoms with Crippen molar-refractivity contribution >= 4 is 10.9 Å². The highest BCUT2D eigenvalue weighted by Crippen LogP contribution is 2.30. The van der Waals surface area contributed by atoms with Crippen LogP contribution in [0.5, 0.6) is 0 Å². The second kappa shape index (κ2) is 4.41. The first-order chi connectivity index (χ1) is 8.41. The van der Waals surface area contributed by atoms with Gasteiger partial charge in [0.25, 0.3) is 5.56 Å². The molecule has 2 N–H and O–H groups in total. The van der Waals surface area contributed by atoms with Crippen LogP contribution in [-0.4, -0.2) is 21.7 Å². The lowest BCUT2D eigenvalue weighted by molar-refractivity contribution is -0.137. The van der Waals surface area contributed by atoms with E-state index >= 15 is 0 Å². The normalized spacial score (nSPS) is 12.0. The molecule has 0 radical (unpaired) electrons. The standard InChI is InChI=1S/C11H9F3N2O2/c12-11(13,14)6-1-2-8-7(5-6)10(18)16-9(15-8)3-4-17/h1-2,5,17H,3-4H2,(H,15,16,18). The number of hydrogen-bond acceptors (Lipinski definition) is 3. The number of H-pyrrole nitrogens is 1. The predicted octanol–water partition coefficient (Wildman–Crippen LogP) is 1.48. The van der Waals surface area contributed by atoms with Gasteiger partial charge in [-0.3, -0.25) is 4.79 Å². The molecule has 0 bridgehead atoms. The molecule has 7 heteroatoms. The molecule has 0 spiro atoms. The predicted molar refractivity (Wildman–Crippen MR) is 58.2 cm³/mol. The molecular formula is C11H9F3N2O2. The van der Waals surface area contributed by atoms with Crippen LogP contribution < -0.4 is 5.56 Å². The molecule has 4 nitrogen and oxygen atoms in total. The first kappa shape index (κ1) is 12.6. The third kappa shape index (κ3) is 2.35. The fraction of sp³-hybridized carbons (Fsp3) is 0.273. The van der Waals surface area contributed by atoms with E-state index in [0.717, 1.165) is 18.2 Å². The number of rotatable bonds is 2. The van der Waals surface area contributed by atoms with Crippen LogP contribution in [0.3, 0.4) is 0 Å². The number of nitrogens with one attached hydrogen (secondary N) is 1. The van der Waals surface area contributed by atoms with E-state index in [1.807, 2.05) is 0 Å². The number of aromatic nitrogens is 2. The lowest BCUT2D eigenvalue weighted by Gasteiger charge is -2.07. The number of aliphatic hydroxyl groups is 1. The molecule has 1 aromatic carbocycles. The molecule has 0 amide bonds. The van der Waals surface area contributed by atoms with Gasteiger partial charge in [0.15, 0.2) is 0 Å². The van der Waals surface area contributed by atoms with Crippen molar-refractivity contribution in [2.45, 2.75) is 12.6 Å². The minimum Gasteiger partial charge on any atom is -0.396 e. The van der Waals surface area contributed by atoms with Crippen molar-refractivity contribution in [1.29, 1.82) is 0 Å². The van der Waals surface area contributed by atoms with E-state index in [0.29, 0.717) is 0 Å². The Kier molecular flexibility index (Phi) is 3.08. The van der Waals surface area contributed by atoms with Gasteiger partial charge in [-0.25, -0.2) is 4.98 Å². The van der Waals surface area contributed by atoms with Gasteiger partial charge >= 0.3 is 6.18 Å². The Bertz CT molecular complexity index is 634. The Morgan fingerprint density at radius 2 is 2.06 bits per heavy atom. The number of aromatic amines is 1. The number of fused-ring (bicyclic) bond motifs is 1. The zero-order chi connectivity index (χ0) is 13.3. The second-order valence-corrected chi connectivity index (χ2v) is 3.72. The van der Waals surface area contributed by atoms with Crippen LogP contribution in [0.4, 0.5) is 13.2 Å². The highest BCUT2D eigenvalue weighted by Gasteiger charge is 2.30. The summed E-state index contributed by atoms with van der Waals surface area (Å²) < 4.78 is 37.4. The zero-order valence-electron chi connectivity index (χ0n) is 9.08. The molecule has 0 saturated carbocycles. The maximum Gasteiger partial charge on any atom is 0.416 e. The van der Waals surface area contributed by atoms with Crippen LogP contribution in [-0.2, 0) is 12.6 Å². The summed E-state index contributed by atoms with van der Waals surface area (Å²) in [7, 11) is 0. The number of hydrogen-bond donors (Lipinski definition) is 2. The number of halogens is 3. The highest BCUT2D eigenvalue weighted by atomic mass is 19.4. The molecule has 96 valence electrons. The molecule has 2 rings (SSSR count). The lowest BCUT2D eigenvalue weighted by Crippen LogP contribution is -2.14. The van der Waals surface area contributed by atoms with Gasteiger partial charge in [-0.2, -0.15) is 13.2 Å². The summed E-state index contributed by atoms with van der Waals surface area (Å²) in [5.74, 6) is 0.245. The maximum absolute atomic E-state index is 12.5. The molecule has 0 aliphatic rings. The minimum atomic E-state index is -4.50. The van der Waals surface area contributed by atoms with Crippen LogP contribution in [0.15, 0.2) is 23.0 Å². The summed E-state index contributed by atoms with van der Waals surface area (Å²) in [5.41, 5.74) is -1.36. The van der Waals surface area contributed by atoms with Gasteiger partial charge in [0.1, 0.15) is 5.82 Å². The number of benzene rings is 1. The largest absolute Gasteiger partial charge is 0.416 e. The molecule has 1 heterocycles. The quantitative estimate of drug-likeness (QED) is 0.857.